The third-order valence-corrected chi connectivity index (χ3v) is 8.15. The summed E-state index contributed by atoms with van der Waals surface area (Å²) in [5.74, 6) is 1.40. The molecule has 1 aliphatic heterocycles. The zero-order valence-corrected chi connectivity index (χ0v) is 19.1. The lowest BCUT2D eigenvalue weighted by atomic mass is 10.1. The van der Waals surface area contributed by atoms with E-state index in [1.165, 1.54) is 21.0 Å². The molecule has 1 aliphatic carbocycles. The number of hydrogen-bond donors (Lipinski definition) is 2. The number of β-amino-alcohol motifs (C(OH)–C–C–N with tert-alkyl or cyclic N) is 1. The molecule has 1 atom stereocenters. The molecular weight excluding hydrogens is 448 g/mol. The van der Waals surface area contributed by atoms with Crippen molar-refractivity contribution in [1.82, 2.24) is 29.1 Å². The Hall–Kier alpha value is -2.83. The van der Waals surface area contributed by atoms with Gasteiger partial charge in [0.1, 0.15) is 5.75 Å². The number of fused-ring (bicyclic) bond motifs is 1. The molecule has 2 fully saturated rings. The summed E-state index contributed by atoms with van der Waals surface area (Å²) in [5, 5.41) is 22.6. The molecule has 5 rings (SSSR count). The predicted molar refractivity (Wildman–Crippen MR) is 119 cm³/mol. The Kier molecular flexibility index (Phi) is 5.67. The van der Waals surface area contributed by atoms with Gasteiger partial charge < -0.3 is 14.8 Å². The van der Waals surface area contributed by atoms with Crippen molar-refractivity contribution < 1.29 is 18.3 Å². The summed E-state index contributed by atoms with van der Waals surface area (Å²) < 4.78 is 34.8. The summed E-state index contributed by atoms with van der Waals surface area (Å²) in [7, 11) is -3.83. The van der Waals surface area contributed by atoms with Crippen molar-refractivity contribution in [3.63, 3.8) is 0 Å². The molecule has 3 heterocycles. The zero-order valence-electron chi connectivity index (χ0n) is 18.3. The van der Waals surface area contributed by atoms with E-state index in [9.17, 15) is 18.3 Å². The summed E-state index contributed by atoms with van der Waals surface area (Å²) in [6, 6.07) is 4.48. The molecule has 1 saturated carbocycles. The average Bonchev–Trinajstić information content (AvgIpc) is 3.54. The van der Waals surface area contributed by atoms with Crippen molar-refractivity contribution in [2.75, 3.05) is 19.7 Å². The second kappa shape index (κ2) is 8.50. The van der Waals surface area contributed by atoms with Crippen molar-refractivity contribution in [1.29, 1.82) is 0 Å². The van der Waals surface area contributed by atoms with Crippen LogP contribution in [0.25, 0.3) is 17.0 Å². The molecule has 1 aromatic carbocycles. The summed E-state index contributed by atoms with van der Waals surface area (Å²) in [6.45, 7) is 2.47. The van der Waals surface area contributed by atoms with Crippen LogP contribution in [0.3, 0.4) is 0 Å². The van der Waals surface area contributed by atoms with Crippen LogP contribution in [-0.4, -0.2) is 68.4 Å². The molecule has 2 N–H and O–H groups in total. The highest BCUT2D eigenvalue weighted by Gasteiger charge is 2.32. The number of benzene rings is 1. The summed E-state index contributed by atoms with van der Waals surface area (Å²) >= 11 is 0. The SMILES string of the molecule is CCOc1ccc(S(=O)(=O)N2CCC(O)C2)cc1-c1nn2c(C3CCCC3)nnc2c(=O)[nH]1. The van der Waals surface area contributed by atoms with Gasteiger partial charge in [-0.3, -0.25) is 4.79 Å². The second-order valence-corrected chi connectivity index (χ2v) is 10.4. The lowest BCUT2D eigenvalue weighted by Gasteiger charge is -2.17. The van der Waals surface area contributed by atoms with Gasteiger partial charge in [0.25, 0.3) is 5.56 Å². The number of aromatic nitrogens is 5. The first kappa shape index (κ1) is 22.0. The van der Waals surface area contributed by atoms with E-state index in [2.05, 4.69) is 20.3 Å². The smallest absolute Gasteiger partial charge is 0.296 e. The Morgan fingerprint density at radius 1 is 1.21 bits per heavy atom. The first-order valence-corrected chi connectivity index (χ1v) is 12.6. The number of nitrogens with zero attached hydrogens (tertiary/aromatic N) is 5. The molecule has 0 bridgehead atoms. The number of H-pyrrole nitrogens is 1. The van der Waals surface area contributed by atoms with Gasteiger partial charge in [0, 0.05) is 19.0 Å². The van der Waals surface area contributed by atoms with Gasteiger partial charge in [-0.25, -0.2) is 8.42 Å². The molecule has 176 valence electrons. The largest absolute Gasteiger partial charge is 0.493 e. The van der Waals surface area contributed by atoms with Crippen LogP contribution in [-0.2, 0) is 10.0 Å². The van der Waals surface area contributed by atoms with Gasteiger partial charge in [0.2, 0.25) is 15.7 Å². The zero-order chi connectivity index (χ0) is 23.2. The fraction of sp³-hybridized carbons (Fsp3) is 0.524. The predicted octanol–water partition coefficient (Wildman–Crippen LogP) is 1.29. The number of ether oxygens (including phenoxy) is 1. The van der Waals surface area contributed by atoms with E-state index in [4.69, 9.17) is 4.74 Å². The molecule has 12 heteroatoms. The molecular formula is C21H26N6O5S. The van der Waals surface area contributed by atoms with Crippen LogP contribution in [0.2, 0.25) is 0 Å². The molecule has 2 aliphatic rings. The van der Waals surface area contributed by atoms with Crippen LogP contribution >= 0.6 is 0 Å². The highest BCUT2D eigenvalue weighted by atomic mass is 32.2. The van der Waals surface area contributed by atoms with E-state index in [-0.39, 0.29) is 35.4 Å². The number of sulfonamides is 1. The highest BCUT2D eigenvalue weighted by molar-refractivity contribution is 7.89. The summed E-state index contributed by atoms with van der Waals surface area (Å²) in [4.78, 5) is 15.5. The lowest BCUT2D eigenvalue weighted by Crippen LogP contribution is -2.29. The van der Waals surface area contributed by atoms with Gasteiger partial charge in [0.05, 0.1) is 23.2 Å². The topological polar surface area (TPSA) is 143 Å². The molecule has 3 aromatic rings. The quantitative estimate of drug-likeness (QED) is 0.544. The normalized spacial score (nSPS) is 20.1. The minimum atomic E-state index is -3.83. The maximum absolute atomic E-state index is 13.2. The first-order valence-electron chi connectivity index (χ1n) is 11.2. The van der Waals surface area contributed by atoms with E-state index in [0.717, 1.165) is 25.7 Å². The molecule has 33 heavy (non-hydrogen) atoms. The molecule has 11 nitrogen and oxygen atoms in total. The lowest BCUT2D eigenvalue weighted by molar-refractivity contribution is 0.189. The Balaban J connectivity index is 1.64. The van der Waals surface area contributed by atoms with Crippen LogP contribution in [0.5, 0.6) is 5.75 Å². The second-order valence-electron chi connectivity index (χ2n) is 8.47. The van der Waals surface area contributed by atoms with Crippen LogP contribution in [0.1, 0.15) is 50.8 Å². The van der Waals surface area contributed by atoms with Crippen molar-refractivity contribution in [3.05, 3.63) is 34.4 Å². The summed E-state index contributed by atoms with van der Waals surface area (Å²) in [5.41, 5.74) is -0.00805. The fourth-order valence-corrected chi connectivity index (χ4v) is 6.11. The third-order valence-electron chi connectivity index (χ3n) is 6.29. The van der Waals surface area contributed by atoms with Gasteiger partial charge in [-0.2, -0.15) is 8.82 Å². The number of rotatable bonds is 6. The molecule has 0 radical (unpaired) electrons. The molecule has 0 spiro atoms. The van der Waals surface area contributed by atoms with Gasteiger partial charge in [-0.1, -0.05) is 12.8 Å². The van der Waals surface area contributed by atoms with Crippen molar-refractivity contribution >= 4 is 15.7 Å². The van der Waals surface area contributed by atoms with Gasteiger partial charge in [-0.05, 0) is 44.4 Å². The van der Waals surface area contributed by atoms with Crippen LogP contribution in [0.4, 0.5) is 0 Å². The van der Waals surface area contributed by atoms with Gasteiger partial charge >= 0.3 is 0 Å². The Morgan fingerprint density at radius 2 is 2.00 bits per heavy atom. The average molecular weight is 475 g/mol. The highest BCUT2D eigenvalue weighted by Crippen LogP contribution is 2.34. The maximum atomic E-state index is 13.2. The Morgan fingerprint density at radius 3 is 2.70 bits per heavy atom. The van der Waals surface area contributed by atoms with E-state index < -0.39 is 21.7 Å². The van der Waals surface area contributed by atoms with Gasteiger partial charge in [0.15, 0.2) is 11.6 Å². The number of nitrogens with one attached hydrogen (secondary N) is 1. The molecule has 1 unspecified atom stereocenters. The monoisotopic (exact) mass is 474 g/mol. The minimum Gasteiger partial charge on any atom is -0.493 e. The molecule has 2 aromatic heterocycles. The van der Waals surface area contributed by atoms with Crippen molar-refractivity contribution in [2.24, 2.45) is 0 Å². The first-order chi connectivity index (χ1) is 15.9. The minimum absolute atomic E-state index is 0.0394. The van der Waals surface area contributed by atoms with Crippen LogP contribution < -0.4 is 10.3 Å². The van der Waals surface area contributed by atoms with E-state index in [1.54, 1.807) is 6.07 Å². The van der Waals surface area contributed by atoms with E-state index in [1.807, 2.05) is 6.92 Å². The van der Waals surface area contributed by atoms with Gasteiger partial charge in [-0.15, -0.1) is 15.3 Å². The standard InChI is InChI=1S/C21H26N6O5S/c1-2-32-17-8-7-15(33(30,31)26-10-9-14(28)12-26)11-16(17)18-22-21(29)20-24-23-19(27(20)25-18)13-5-3-4-6-13/h7-8,11,13-14,28H,2-6,9-10,12H2,1H3,(H,22,25,29). The number of aliphatic hydroxyl groups excluding tert-OH is 1. The molecule has 0 amide bonds. The number of hydrogen-bond acceptors (Lipinski definition) is 8. The number of aromatic amines is 1. The fourth-order valence-electron chi connectivity index (χ4n) is 4.59. The van der Waals surface area contributed by atoms with Crippen molar-refractivity contribution in [3.8, 4) is 17.1 Å². The van der Waals surface area contributed by atoms with Crippen LogP contribution in [0, 0.1) is 0 Å². The van der Waals surface area contributed by atoms with Crippen molar-refractivity contribution in [2.45, 2.75) is 55.9 Å². The van der Waals surface area contributed by atoms with E-state index >= 15 is 0 Å². The summed E-state index contributed by atoms with van der Waals surface area (Å²) in [6.07, 6.45) is 3.83. The Labute approximate surface area is 190 Å². The number of aliphatic hydroxyl groups is 1. The molecule has 1 saturated heterocycles. The van der Waals surface area contributed by atoms with Crippen LogP contribution in [0.15, 0.2) is 27.9 Å². The van der Waals surface area contributed by atoms with E-state index in [0.29, 0.717) is 30.2 Å². The Bertz CT molecular complexity index is 1340. The maximum Gasteiger partial charge on any atom is 0.296 e. The third kappa shape index (κ3) is 3.91.